The van der Waals surface area contributed by atoms with Crippen LogP contribution in [0.4, 0.5) is 0 Å². The van der Waals surface area contributed by atoms with E-state index >= 15 is 0 Å². The van der Waals surface area contributed by atoms with E-state index in [1.165, 1.54) is 0 Å². The Morgan fingerprint density at radius 3 is 2.38 bits per heavy atom. The van der Waals surface area contributed by atoms with Gasteiger partial charge in [-0.2, -0.15) is 0 Å². The van der Waals surface area contributed by atoms with Gasteiger partial charge in [-0.25, -0.2) is 0 Å². The van der Waals surface area contributed by atoms with Crippen molar-refractivity contribution in [3.63, 3.8) is 0 Å². The molecule has 2 aromatic rings. The Morgan fingerprint density at radius 2 is 1.76 bits per heavy atom. The molecule has 0 radical (unpaired) electrons. The molecule has 0 aliphatic rings. The Hall–Kier alpha value is -1.16. The number of hydrogen-bond acceptors (Lipinski definition) is 2. The quantitative estimate of drug-likeness (QED) is 0.750. The second kappa shape index (κ2) is 7.21. The highest BCUT2D eigenvalue weighted by Crippen LogP contribution is 2.17. The SMILES string of the molecule is CC(C(=O)c1cccc(Cl)c1)S(=O)Cc1ccc(Cl)cc1. The van der Waals surface area contributed by atoms with Crippen molar-refractivity contribution in [3.8, 4) is 0 Å². The van der Waals surface area contributed by atoms with Crippen LogP contribution in [0.1, 0.15) is 22.8 Å². The first-order valence-corrected chi connectivity index (χ1v) is 8.52. The first-order chi connectivity index (χ1) is 9.97. The molecule has 110 valence electrons. The van der Waals surface area contributed by atoms with Gasteiger partial charge in [0.1, 0.15) is 0 Å². The van der Waals surface area contributed by atoms with E-state index in [-0.39, 0.29) is 5.78 Å². The van der Waals surface area contributed by atoms with E-state index < -0.39 is 16.0 Å². The minimum Gasteiger partial charge on any atom is -0.293 e. The minimum absolute atomic E-state index is 0.162. The molecular weight excluding hydrogens is 327 g/mol. The van der Waals surface area contributed by atoms with Crippen LogP contribution in [0.15, 0.2) is 48.5 Å². The highest BCUT2D eigenvalue weighted by Gasteiger charge is 2.21. The molecule has 0 spiro atoms. The molecule has 0 saturated carbocycles. The number of benzene rings is 2. The number of rotatable bonds is 5. The molecule has 0 heterocycles. The lowest BCUT2D eigenvalue weighted by molar-refractivity contribution is 0.0992. The molecule has 0 aliphatic heterocycles. The zero-order chi connectivity index (χ0) is 15.4. The van der Waals surface area contributed by atoms with Crippen molar-refractivity contribution in [3.05, 3.63) is 69.7 Å². The third-order valence-electron chi connectivity index (χ3n) is 3.09. The van der Waals surface area contributed by atoms with Crippen molar-refractivity contribution in [1.29, 1.82) is 0 Å². The highest BCUT2D eigenvalue weighted by molar-refractivity contribution is 7.85. The van der Waals surface area contributed by atoms with Crippen molar-refractivity contribution in [2.24, 2.45) is 0 Å². The summed E-state index contributed by atoms with van der Waals surface area (Å²) in [5, 5.41) is 0.545. The van der Waals surface area contributed by atoms with Gasteiger partial charge in [-0.15, -0.1) is 0 Å². The van der Waals surface area contributed by atoms with E-state index in [4.69, 9.17) is 23.2 Å². The van der Waals surface area contributed by atoms with E-state index in [0.717, 1.165) is 5.56 Å². The topological polar surface area (TPSA) is 34.1 Å². The Labute approximate surface area is 136 Å². The molecule has 0 fully saturated rings. The normalized spacial score (nSPS) is 13.7. The van der Waals surface area contributed by atoms with Gasteiger partial charge >= 0.3 is 0 Å². The number of ketones is 1. The fourth-order valence-corrected chi connectivity index (χ4v) is 3.33. The van der Waals surface area contributed by atoms with Crippen LogP contribution < -0.4 is 0 Å². The molecule has 2 atom stereocenters. The number of carbonyl (C=O) groups excluding carboxylic acids is 1. The van der Waals surface area contributed by atoms with Gasteiger partial charge in [0, 0.05) is 32.2 Å². The van der Waals surface area contributed by atoms with Crippen LogP contribution in [0.25, 0.3) is 0 Å². The molecule has 21 heavy (non-hydrogen) atoms. The van der Waals surface area contributed by atoms with Gasteiger partial charge in [-0.1, -0.05) is 47.5 Å². The smallest absolute Gasteiger partial charge is 0.178 e. The Balaban J connectivity index is 2.08. The average Bonchev–Trinajstić information content (AvgIpc) is 2.48. The maximum Gasteiger partial charge on any atom is 0.178 e. The van der Waals surface area contributed by atoms with Gasteiger partial charge in [0.15, 0.2) is 5.78 Å². The monoisotopic (exact) mass is 340 g/mol. The van der Waals surface area contributed by atoms with Crippen molar-refractivity contribution in [2.75, 3.05) is 0 Å². The predicted octanol–water partition coefficient (Wildman–Crippen LogP) is 4.51. The number of halogens is 2. The lowest BCUT2D eigenvalue weighted by Gasteiger charge is -2.11. The van der Waals surface area contributed by atoms with E-state index in [2.05, 4.69) is 0 Å². The van der Waals surface area contributed by atoms with E-state index in [1.807, 2.05) is 12.1 Å². The first-order valence-electron chi connectivity index (χ1n) is 6.39. The number of carbonyl (C=O) groups is 1. The summed E-state index contributed by atoms with van der Waals surface area (Å²) in [5.74, 6) is 0.162. The van der Waals surface area contributed by atoms with E-state index in [0.29, 0.717) is 21.4 Å². The van der Waals surface area contributed by atoms with Crippen LogP contribution in [0.2, 0.25) is 10.0 Å². The van der Waals surface area contributed by atoms with Crippen LogP contribution in [0, 0.1) is 0 Å². The lowest BCUT2D eigenvalue weighted by Crippen LogP contribution is -2.23. The summed E-state index contributed by atoms with van der Waals surface area (Å²) in [7, 11) is -1.30. The van der Waals surface area contributed by atoms with Crippen molar-refractivity contribution in [2.45, 2.75) is 17.9 Å². The molecule has 2 nitrogen and oxygen atoms in total. The van der Waals surface area contributed by atoms with Crippen LogP contribution >= 0.6 is 23.2 Å². The molecule has 0 aromatic heterocycles. The fourth-order valence-electron chi connectivity index (χ4n) is 1.87. The van der Waals surface area contributed by atoms with Crippen LogP contribution in [-0.2, 0) is 16.6 Å². The average molecular weight is 341 g/mol. The summed E-state index contributed by atoms with van der Waals surface area (Å²) in [6.07, 6.45) is 0. The summed E-state index contributed by atoms with van der Waals surface area (Å²) >= 11 is 11.7. The molecule has 0 saturated heterocycles. The fraction of sp³-hybridized carbons (Fsp3) is 0.188. The first kappa shape index (κ1) is 16.2. The number of Topliss-reactive ketones (excluding diaryl/α,β-unsaturated/α-hetero) is 1. The molecule has 2 aromatic carbocycles. The maximum absolute atomic E-state index is 12.3. The third-order valence-corrected chi connectivity index (χ3v) is 5.20. The third kappa shape index (κ3) is 4.40. The van der Waals surface area contributed by atoms with Gasteiger partial charge < -0.3 is 0 Å². The minimum atomic E-state index is -1.30. The molecule has 0 aliphatic carbocycles. The van der Waals surface area contributed by atoms with Gasteiger partial charge in [0.2, 0.25) is 0 Å². The Kier molecular flexibility index (Phi) is 5.57. The molecular formula is C16H14Cl2O2S. The van der Waals surface area contributed by atoms with Gasteiger partial charge in [0.05, 0.1) is 5.25 Å². The van der Waals surface area contributed by atoms with Crippen molar-refractivity contribution >= 4 is 39.8 Å². The van der Waals surface area contributed by atoms with Crippen LogP contribution in [0.5, 0.6) is 0 Å². The molecule has 5 heteroatoms. The van der Waals surface area contributed by atoms with Crippen molar-refractivity contribution < 1.29 is 9.00 Å². The van der Waals surface area contributed by atoms with Gasteiger partial charge in [0.25, 0.3) is 0 Å². The van der Waals surface area contributed by atoms with Crippen LogP contribution in [0.3, 0.4) is 0 Å². The van der Waals surface area contributed by atoms with Gasteiger partial charge in [-0.05, 0) is 36.8 Å². The summed E-state index contributed by atoms with van der Waals surface area (Å²) in [5.41, 5.74) is 1.38. The molecule has 0 bridgehead atoms. The molecule has 2 unspecified atom stereocenters. The van der Waals surface area contributed by atoms with Crippen molar-refractivity contribution in [1.82, 2.24) is 0 Å². The second-order valence-electron chi connectivity index (χ2n) is 4.67. The maximum atomic E-state index is 12.3. The van der Waals surface area contributed by atoms with Gasteiger partial charge in [-0.3, -0.25) is 9.00 Å². The summed E-state index contributed by atoms with van der Waals surface area (Å²) < 4.78 is 12.3. The zero-order valence-electron chi connectivity index (χ0n) is 11.4. The predicted molar refractivity (Wildman–Crippen MR) is 88.5 cm³/mol. The van der Waals surface area contributed by atoms with E-state index in [9.17, 15) is 9.00 Å². The molecule has 0 amide bonds. The zero-order valence-corrected chi connectivity index (χ0v) is 13.7. The Bertz CT molecular complexity index is 668. The molecule has 2 rings (SSSR count). The second-order valence-corrected chi connectivity index (χ2v) is 7.30. The molecule has 0 N–H and O–H groups in total. The lowest BCUT2D eigenvalue weighted by atomic mass is 10.1. The summed E-state index contributed by atoms with van der Waals surface area (Å²) in [6, 6.07) is 13.8. The summed E-state index contributed by atoms with van der Waals surface area (Å²) in [4.78, 5) is 12.3. The Morgan fingerprint density at radius 1 is 1.10 bits per heavy atom. The largest absolute Gasteiger partial charge is 0.293 e. The van der Waals surface area contributed by atoms with Crippen LogP contribution in [-0.4, -0.2) is 15.2 Å². The highest BCUT2D eigenvalue weighted by atomic mass is 35.5. The summed E-state index contributed by atoms with van der Waals surface area (Å²) in [6.45, 7) is 1.68. The number of hydrogen-bond donors (Lipinski definition) is 0. The standard InChI is InChI=1S/C16H14Cl2O2S/c1-11(16(19)13-3-2-4-15(18)9-13)21(20)10-12-5-7-14(17)8-6-12/h2-9,11H,10H2,1H3. The van der Waals surface area contributed by atoms with E-state index in [1.54, 1.807) is 43.3 Å².